The zero-order valence-electron chi connectivity index (χ0n) is 9.68. The van der Waals surface area contributed by atoms with Gasteiger partial charge in [-0.25, -0.2) is 0 Å². The molecule has 0 saturated carbocycles. The van der Waals surface area contributed by atoms with Gasteiger partial charge in [0.1, 0.15) is 0 Å². The van der Waals surface area contributed by atoms with Crippen molar-refractivity contribution in [1.29, 1.82) is 0 Å². The van der Waals surface area contributed by atoms with Gasteiger partial charge in [0.15, 0.2) is 0 Å². The monoisotopic (exact) mass is 187 g/mol. The van der Waals surface area contributed by atoms with E-state index in [9.17, 15) is 0 Å². The van der Waals surface area contributed by atoms with Crippen molar-refractivity contribution in [3.63, 3.8) is 0 Å². The van der Waals surface area contributed by atoms with Crippen molar-refractivity contribution in [2.75, 3.05) is 27.3 Å². The Balaban J connectivity index is 0.000000671. The molecule has 0 aliphatic carbocycles. The molecule has 2 nitrogen and oxygen atoms in total. The van der Waals surface area contributed by atoms with Crippen LogP contribution in [0, 0.1) is 0 Å². The smallest absolute Gasteiger partial charge is 0.0462 e. The summed E-state index contributed by atoms with van der Waals surface area (Å²) < 4.78 is 5.02. The molecule has 1 atom stereocenters. The predicted molar refractivity (Wildman–Crippen MR) is 58.1 cm³/mol. The Bertz CT molecular complexity index is 106. The van der Waals surface area contributed by atoms with Crippen LogP contribution in [0.4, 0.5) is 0 Å². The van der Waals surface area contributed by atoms with Crippen molar-refractivity contribution in [2.45, 2.75) is 45.6 Å². The van der Waals surface area contributed by atoms with Crippen LogP contribution in [0.2, 0.25) is 0 Å². The van der Waals surface area contributed by atoms with Gasteiger partial charge in [0.25, 0.3) is 0 Å². The van der Waals surface area contributed by atoms with Gasteiger partial charge in [-0.15, -0.1) is 0 Å². The molecule has 1 heterocycles. The van der Waals surface area contributed by atoms with Gasteiger partial charge in [0.2, 0.25) is 0 Å². The van der Waals surface area contributed by atoms with E-state index < -0.39 is 0 Å². The van der Waals surface area contributed by atoms with E-state index in [0.29, 0.717) is 0 Å². The van der Waals surface area contributed by atoms with Gasteiger partial charge >= 0.3 is 0 Å². The molecule has 0 aromatic heterocycles. The summed E-state index contributed by atoms with van der Waals surface area (Å²) in [6.07, 6.45) is 5.30. The largest absolute Gasteiger partial charge is 0.385 e. The van der Waals surface area contributed by atoms with Gasteiger partial charge in [-0.05, 0) is 39.3 Å². The van der Waals surface area contributed by atoms with Crippen molar-refractivity contribution in [3.8, 4) is 0 Å². The molecule has 0 aromatic carbocycles. The number of rotatable bonds is 4. The van der Waals surface area contributed by atoms with Crippen LogP contribution in [-0.2, 0) is 4.74 Å². The zero-order valence-corrected chi connectivity index (χ0v) is 9.68. The summed E-state index contributed by atoms with van der Waals surface area (Å²) in [5.74, 6) is 0. The predicted octanol–water partition coefficient (Wildman–Crippen LogP) is 2.53. The lowest BCUT2D eigenvalue weighted by atomic mass is 10.1. The minimum atomic E-state index is 0.838. The first-order chi connectivity index (χ1) is 6.34. The van der Waals surface area contributed by atoms with Crippen LogP contribution in [0.5, 0.6) is 0 Å². The maximum atomic E-state index is 5.02. The van der Waals surface area contributed by atoms with Crippen molar-refractivity contribution in [1.82, 2.24) is 4.90 Å². The normalized spacial score (nSPS) is 22.6. The van der Waals surface area contributed by atoms with Crippen LogP contribution < -0.4 is 0 Å². The van der Waals surface area contributed by atoms with Gasteiger partial charge in [0.05, 0.1) is 0 Å². The van der Waals surface area contributed by atoms with E-state index in [1.54, 1.807) is 7.11 Å². The molecule has 0 radical (unpaired) electrons. The SMILES string of the molecule is CC.COCCCC1CCCN1C. The topological polar surface area (TPSA) is 12.5 Å². The van der Waals surface area contributed by atoms with E-state index >= 15 is 0 Å². The van der Waals surface area contributed by atoms with Gasteiger partial charge < -0.3 is 9.64 Å². The minimum absolute atomic E-state index is 0.838. The summed E-state index contributed by atoms with van der Waals surface area (Å²) in [5.41, 5.74) is 0. The number of ether oxygens (including phenoxy) is 1. The fourth-order valence-electron chi connectivity index (χ4n) is 1.81. The highest BCUT2D eigenvalue weighted by molar-refractivity contribution is 4.75. The van der Waals surface area contributed by atoms with Gasteiger partial charge in [0, 0.05) is 19.8 Å². The molecule has 1 fully saturated rings. The van der Waals surface area contributed by atoms with E-state index in [2.05, 4.69) is 11.9 Å². The zero-order chi connectivity index (χ0) is 10.1. The van der Waals surface area contributed by atoms with E-state index in [0.717, 1.165) is 12.6 Å². The Morgan fingerprint density at radius 2 is 2.08 bits per heavy atom. The van der Waals surface area contributed by atoms with E-state index in [-0.39, 0.29) is 0 Å². The molecule has 80 valence electrons. The summed E-state index contributed by atoms with van der Waals surface area (Å²) >= 11 is 0. The molecule has 1 aliphatic rings. The second kappa shape index (κ2) is 8.52. The lowest BCUT2D eigenvalue weighted by Gasteiger charge is -2.18. The van der Waals surface area contributed by atoms with Crippen molar-refractivity contribution >= 4 is 0 Å². The molecule has 0 amide bonds. The van der Waals surface area contributed by atoms with Crippen LogP contribution in [0.15, 0.2) is 0 Å². The first-order valence-corrected chi connectivity index (χ1v) is 5.54. The molecular weight excluding hydrogens is 162 g/mol. The van der Waals surface area contributed by atoms with Crippen LogP contribution >= 0.6 is 0 Å². The Morgan fingerprint density at radius 1 is 1.38 bits per heavy atom. The molecule has 2 heteroatoms. The number of hydrogen-bond acceptors (Lipinski definition) is 2. The van der Waals surface area contributed by atoms with Gasteiger partial charge in [-0.1, -0.05) is 13.8 Å². The lowest BCUT2D eigenvalue weighted by molar-refractivity contribution is 0.180. The maximum Gasteiger partial charge on any atom is 0.0462 e. The quantitative estimate of drug-likeness (QED) is 0.627. The second-order valence-electron chi connectivity index (χ2n) is 3.41. The maximum absolute atomic E-state index is 5.02. The van der Waals surface area contributed by atoms with Gasteiger partial charge in [-0.3, -0.25) is 0 Å². The van der Waals surface area contributed by atoms with E-state index in [1.165, 1.54) is 32.2 Å². The number of hydrogen-bond donors (Lipinski definition) is 0. The molecule has 0 bridgehead atoms. The minimum Gasteiger partial charge on any atom is -0.385 e. The molecule has 1 rings (SSSR count). The van der Waals surface area contributed by atoms with Crippen LogP contribution in [-0.4, -0.2) is 38.3 Å². The molecular formula is C11H25NO. The average molecular weight is 187 g/mol. The summed E-state index contributed by atoms with van der Waals surface area (Å²) in [7, 11) is 4.00. The Kier molecular flexibility index (Phi) is 8.46. The standard InChI is InChI=1S/C9H19NO.C2H6/c1-10-7-3-5-9(10)6-4-8-11-2;1-2/h9H,3-8H2,1-2H3;1-2H3. The lowest BCUT2D eigenvalue weighted by Crippen LogP contribution is -2.24. The van der Waals surface area contributed by atoms with Crippen molar-refractivity contribution < 1.29 is 4.74 Å². The highest BCUT2D eigenvalue weighted by atomic mass is 16.5. The highest BCUT2D eigenvalue weighted by Gasteiger charge is 2.19. The number of nitrogens with zero attached hydrogens (tertiary/aromatic N) is 1. The fourth-order valence-corrected chi connectivity index (χ4v) is 1.81. The number of likely N-dealkylation sites (tertiary alicyclic amines) is 1. The third-order valence-corrected chi connectivity index (χ3v) is 2.56. The van der Waals surface area contributed by atoms with E-state index in [1.807, 2.05) is 13.8 Å². The summed E-state index contributed by atoms with van der Waals surface area (Å²) in [4.78, 5) is 2.47. The molecule has 0 spiro atoms. The molecule has 1 unspecified atom stereocenters. The number of methoxy groups -OCH3 is 1. The molecule has 1 aliphatic heterocycles. The fraction of sp³-hybridized carbons (Fsp3) is 1.00. The summed E-state index contributed by atoms with van der Waals surface area (Å²) in [5, 5.41) is 0. The molecule has 0 aromatic rings. The third-order valence-electron chi connectivity index (χ3n) is 2.56. The van der Waals surface area contributed by atoms with E-state index in [4.69, 9.17) is 4.74 Å². The summed E-state index contributed by atoms with van der Waals surface area (Å²) in [6, 6.07) is 0.838. The van der Waals surface area contributed by atoms with Crippen molar-refractivity contribution in [2.24, 2.45) is 0 Å². The molecule has 0 N–H and O–H groups in total. The average Bonchev–Trinajstić information content (AvgIpc) is 2.56. The Hall–Kier alpha value is -0.0800. The first kappa shape index (κ1) is 12.9. The summed E-state index contributed by atoms with van der Waals surface area (Å²) in [6.45, 7) is 6.21. The second-order valence-corrected chi connectivity index (χ2v) is 3.41. The van der Waals surface area contributed by atoms with Gasteiger partial charge in [-0.2, -0.15) is 0 Å². The first-order valence-electron chi connectivity index (χ1n) is 5.54. The van der Waals surface area contributed by atoms with Crippen LogP contribution in [0.25, 0.3) is 0 Å². The Morgan fingerprint density at radius 3 is 2.54 bits per heavy atom. The molecule has 1 saturated heterocycles. The third kappa shape index (κ3) is 5.27. The molecule has 13 heavy (non-hydrogen) atoms. The van der Waals surface area contributed by atoms with Crippen LogP contribution in [0.1, 0.15) is 39.5 Å². The van der Waals surface area contributed by atoms with Crippen LogP contribution in [0.3, 0.4) is 0 Å². The highest BCUT2D eigenvalue weighted by Crippen LogP contribution is 2.18. The van der Waals surface area contributed by atoms with Crippen molar-refractivity contribution in [3.05, 3.63) is 0 Å². The Labute approximate surface area is 83.3 Å².